The van der Waals surface area contributed by atoms with Gasteiger partial charge in [-0.05, 0) is 43.5 Å². The van der Waals surface area contributed by atoms with E-state index < -0.39 is 0 Å². The van der Waals surface area contributed by atoms with Crippen molar-refractivity contribution in [1.29, 1.82) is 0 Å². The fourth-order valence-electron chi connectivity index (χ4n) is 3.36. The minimum absolute atomic E-state index is 0.433. The van der Waals surface area contributed by atoms with Crippen molar-refractivity contribution >= 4 is 28.7 Å². The highest BCUT2D eigenvalue weighted by Crippen LogP contribution is 2.29. The third-order valence-electron chi connectivity index (χ3n) is 4.73. The maximum absolute atomic E-state index is 6.32. The van der Waals surface area contributed by atoms with Crippen molar-refractivity contribution in [2.45, 2.75) is 38.6 Å². The molecule has 3 aromatic heterocycles. The van der Waals surface area contributed by atoms with Crippen LogP contribution in [-0.4, -0.2) is 20.4 Å². The molecule has 1 saturated carbocycles. The molecule has 0 unspecified atom stereocenters. The van der Waals surface area contributed by atoms with Gasteiger partial charge in [0.05, 0.1) is 17.6 Å². The Labute approximate surface area is 146 Å². The molecule has 0 spiro atoms. The number of nitrogen functional groups attached to an aromatic ring is 1. The Balaban J connectivity index is 1.64. The zero-order valence-corrected chi connectivity index (χ0v) is 14.3. The SMILES string of the molecule is Cc1ccn2cc(N(N)c3nc(NC4CCCC4)ncc3N)cc2c1. The molecule has 4 rings (SSSR count). The van der Waals surface area contributed by atoms with E-state index in [0.717, 1.165) is 24.0 Å². The number of nitrogens with zero attached hydrogens (tertiary/aromatic N) is 4. The van der Waals surface area contributed by atoms with E-state index in [-0.39, 0.29) is 0 Å². The summed E-state index contributed by atoms with van der Waals surface area (Å²) in [4.78, 5) is 8.84. The first-order valence-corrected chi connectivity index (χ1v) is 8.62. The van der Waals surface area contributed by atoms with Crippen LogP contribution >= 0.6 is 0 Å². The quantitative estimate of drug-likeness (QED) is 0.500. The van der Waals surface area contributed by atoms with Gasteiger partial charge in [0.15, 0.2) is 5.82 Å². The second kappa shape index (κ2) is 6.25. The zero-order valence-electron chi connectivity index (χ0n) is 14.3. The smallest absolute Gasteiger partial charge is 0.225 e. The first kappa shape index (κ1) is 15.7. The Hall–Kier alpha value is -2.80. The van der Waals surface area contributed by atoms with Gasteiger partial charge < -0.3 is 15.5 Å². The molecule has 1 aliphatic carbocycles. The van der Waals surface area contributed by atoms with Crippen molar-refractivity contribution in [3.05, 3.63) is 42.4 Å². The van der Waals surface area contributed by atoms with Crippen LogP contribution < -0.4 is 21.9 Å². The van der Waals surface area contributed by atoms with E-state index in [1.807, 2.05) is 22.9 Å². The molecule has 0 saturated heterocycles. The number of anilines is 4. The number of nitrogens with two attached hydrogens (primary N) is 2. The van der Waals surface area contributed by atoms with E-state index in [0.29, 0.717) is 23.5 Å². The van der Waals surface area contributed by atoms with Gasteiger partial charge in [-0.25, -0.2) is 10.8 Å². The fourth-order valence-corrected chi connectivity index (χ4v) is 3.36. The molecule has 0 aliphatic heterocycles. The molecular formula is C18H23N7. The van der Waals surface area contributed by atoms with Crippen molar-refractivity contribution in [2.75, 3.05) is 16.1 Å². The van der Waals surface area contributed by atoms with Crippen molar-refractivity contribution in [2.24, 2.45) is 5.84 Å². The summed E-state index contributed by atoms with van der Waals surface area (Å²) < 4.78 is 2.03. The minimum Gasteiger partial charge on any atom is -0.394 e. The highest BCUT2D eigenvalue weighted by Gasteiger charge is 2.18. The van der Waals surface area contributed by atoms with Crippen LogP contribution in [-0.2, 0) is 0 Å². The molecule has 5 N–H and O–H groups in total. The molecule has 7 heteroatoms. The number of rotatable bonds is 4. The van der Waals surface area contributed by atoms with Crippen molar-refractivity contribution in [3.8, 4) is 0 Å². The highest BCUT2D eigenvalue weighted by atomic mass is 15.4. The summed E-state index contributed by atoms with van der Waals surface area (Å²) in [7, 11) is 0. The van der Waals surface area contributed by atoms with Crippen molar-refractivity contribution in [1.82, 2.24) is 14.4 Å². The molecular weight excluding hydrogens is 314 g/mol. The normalized spacial score (nSPS) is 15.0. The Kier molecular flexibility index (Phi) is 3.93. The second-order valence-corrected chi connectivity index (χ2v) is 6.70. The predicted molar refractivity (Wildman–Crippen MR) is 101 cm³/mol. The number of nitrogens with one attached hydrogen (secondary N) is 1. The number of hydrogen-bond acceptors (Lipinski definition) is 6. The molecule has 130 valence electrons. The Morgan fingerprint density at radius 1 is 1.28 bits per heavy atom. The molecule has 25 heavy (non-hydrogen) atoms. The summed E-state index contributed by atoms with van der Waals surface area (Å²) in [5.41, 5.74) is 9.62. The molecule has 1 fully saturated rings. The predicted octanol–water partition coefficient (Wildman–Crippen LogP) is 2.99. The van der Waals surface area contributed by atoms with Crippen LogP contribution in [0, 0.1) is 6.92 Å². The van der Waals surface area contributed by atoms with E-state index in [2.05, 4.69) is 34.3 Å². The molecule has 0 atom stereocenters. The number of pyridine rings is 1. The van der Waals surface area contributed by atoms with E-state index in [1.54, 1.807) is 6.20 Å². The maximum atomic E-state index is 6.32. The van der Waals surface area contributed by atoms with Gasteiger partial charge in [0.1, 0.15) is 0 Å². The second-order valence-electron chi connectivity index (χ2n) is 6.70. The highest BCUT2D eigenvalue weighted by molar-refractivity contribution is 5.73. The Morgan fingerprint density at radius 2 is 2.08 bits per heavy atom. The van der Waals surface area contributed by atoms with Crippen LogP contribution in [0.1, 0.15) is 31.2 Å². The molecule has 0 bridgehead atoms. The Bertz CT molecular complexity index is 896. The van der Waals surface area contributed by atoms with Crippen molar-refractivity contribution in [3.63, 3.8) is 0 Å². The number of hydrazine groups is 1. The monoisotopic (exact) mass is 337 g/mol. The third kappa shape index (κ3) is 3.10. The lowest BCUT2D eigenvalue weighted by molar-refractivity contribution is 0.743. The molecule has 3 heterocycles. The summed E-state index contributed by atoms with van der Waals surface area (Å²) in [6, 6.07) is 6.61. The van der Waals surface area contributed by atoms with Gasteiger partial charge in [-0.2, -0.15) is 4.98 Å². The van der Waals surface area contributed by atoms with Crippen LogP contribution in [0.3, 0.4) is 0 Å². The van der Waals surface area contributed by atoms with Gasteiger partial charge in [-0.1, -0.05) is 12.8 Å². The number of fused-ring (bicyclic) bond motifs is 1. The average molecular weight is 337 g/mol. The summed E-state index contributed by atoms with van der Waals surface area (Å²) in [5, 5.41) is 4.90. The molecule has 0 amide bonds. The fraction of sp³-hybridized carbons (Fsp3) is 0.333. The number of hydrogen-bond donors (Lipinski definition) is 3. The largest absolute Gasteiger partial charge is 0.394 e. The lowest BCUT2D eigenvalue weighted by Crippen LogP contribution is -2.27. The van der Waals surface area contributed by atoms with Crippen LogP contribution in [0.5, 0.6) is 0 Å². The molecule has 0 aromatic carbocycles. The van der Waals surface area contributed by atoms with Crippen LogP contribution in [0.2, 0.25) is 0 Å². The lowest BCUT2D eigenvalue weighted by atomic mass is 10.2. The van der Waals surface area contributed by atoms with E-state index in [4.69, 9.17) is 11.6 Å². The first-order valence-electron chi connectivity index (χ1n) is 8.62. The van der Waals surface area contributed by atoms with E-state index in [1.165, 1.54) is 23.4 Å². The molecule has 3 aromatic rings. The third-order valence-corrected chi connectivity index (χ3v) is 4.73. The summed E-state index contributed by atoms with van der Waals surface area (Å²) in [6.07, 6.45) is 10.4. The Morgan fingerprint density at radius 3 is 2.88 bits per heavy atom. The van der Waals surface area contributed by atoms with E-state index >= 15 is 0 Å². The maximum Gasteiger partial charge on any atom is 0.225 e. The summed E-state index contributed by atoms with van der Waals surface area (Å²) >= 11 is 0. The van der Waals surface area contributed by atoms with Gasteiger partial charge in [0.25, 0.3) is 0 Å². The van der Waals surface area contributed by atoms with Crippen LogP contribution in [0.25, 0.3) is 5.52 Å². The zero-order chi connectivity index (χ0) is 17.4. The minimum atomic E-state index is 0.433. The number of aryl methyl sites for hydroxylation is 1. The average Bonchev–Trinajstić information content (AvgIpc) is 3.25. The molecule has 1 aliphatic rings. The summed E-state index contributed by atoms with van der Waals surface area (Å²) in [6.45, 7) is 2.07. The number of aromatic nitrogens is 3. The van der Waals surface area contributed by atoms with Gasteiger partial charge in [-0.15, -0.1) is 0 Å². The molecule has 7 nitrogen and oxygen atoms in total. The lowest BCUT2D eigenvalue weighted by Gasteiger charge is -2.19. The van der Waals surface area contributed by atoms with Crippen LogP contribution in [0.15, 0.2) is 36.8 Å². The van der Waals surface area contributed by atoms with Crippen molar-refractivity contribution < 1.29 is 0 Å². The van der Waals surface area contributed by atoms with Crippen LogP contribution in [0.4, 0.5) is 23.1 Å². The van der Waals surface area contributed by atoms with Gasteiger partial charge in [-0.3, -0.25) is 5.01 Å². The van der Waals surface area contributed by atoms with Gasteiger partial charge in [0.2, 0.25) is 5.95 Å². The van der Waals surface area contributed by atoms with Gasteiger partial charge >= 0.3 is 0 Å². The standard InChI is InChI=1S/C18H23N7/c1-12-6-7-24-11-15(9-14(24)8-12)25(20)17-16(19)10-21-18(23-17)22-13-4-2-3-5-13/h6-11,13H,2-5,19-20H2,1H3,(H,21,22,23). The van der Waals surface area contributed by atoms with E-state index in [9.17, 15) is 0 Å². The first-order chi connectivity index (χ1) is 12.1. The molecule has 0 radical (unpaired) electrons. The topological polar surface area (TPSA) is 97.5 Å². The summed E-state index contributed by atoms with van der Waals surface area (Å²) in [5.74, 6) is 7.40. The van der Waals surface area contributed by atoms with Gasteiger partial charge in [0, 0.05) is 24.0 Å².